The third-order valence-corrected chi connectivity index (χ3v) is 2.89. The summed E-state index contributed by atoms with van der Waals surface area (Å²) in [5.41, 5.74) is 0.934. The van der Waals surface area contributed by atoms with Gasteiger partial charge in [-0.2, -0.15) is 0 Å². The van der Waals surface area contributed by atoms with Crippen molar-refractivity contribution in [3.05, 3.63) is 30.1 Å². The number of carbonyl (C=O) groups is 1. The van der Waals surface area contributed by atoms with Crippen molar-refractivity contribution in [2.24, 2.45) is 5.92 Å². The van der Waals surface area contributed by atoms with Crippen molar-refractivity contribution in [2.45, 2.75) is 27.3 Å². The highest BCUT2D eigenvalue weighted by Gasteiger charge is 2.19. The van der Waals surface area contributed by atoms with Crippen molar-refractivity contribution in [1.82, 2.24) is 15.2 Å². The van der Waals surface area contributed by atoms with Crippen LogP contribution in [-0.4, -0.2) is 35.4 Å². The summed E-state index contributed by atoms with van der Waals surface area (Å²) in [6.07, 6.45) is 1.76. The molecule has 1 heterocycles. The number of hydrogen-bond donors (Lipinski definition) is 1. The number of pyridine rings is 1. The van der Waals surface area contributed by atoms with Crippen LogP contribution >= 0.6 is 0 Å². The summed E-state index contributed by atoms with van der Waals surface area (Å²) in [6, 6.07) is 5.78. The van der Waals surface area contributed by atoms with E-state index in [-0.39, 0.29) is 11.8 Å². The first-order chi connectivity index (χ1) is 8.69. The molecule has 0 bridgehead atoms. The predicted molar refractivity (Wildman–Crippen MR) is 73.0 cm³/mol. The quantitative estimate of drug-likeness (QED) is 0.799. The van der Waals surface area contributed by atoms with E-state index in [2.05, 4.69) is 10.3 Å². The van der Waals surface area contributed by atoms with Crippen LogP contribution in [0.15, 0.2) is 24.4 Å². The standard InChI is InChI=1S/C14H23N3O/c1-4-15-10-12(3)14(18)17(5-2)11-13-8-6-7-9-16-13/h6-9,12,15H,4-5,10-11H2,1-3H3. The van der Waals surface area contributed by atoms with E-state index >= 15 is 0 Å². The minimum atomic E-state index is 0.00797. The van der Waals surface area contributed by atoms with Crippen LogP contribution in [0, 0.1) is 5.92 Å². The Morgan fingerprint density at radius 3 is 2.78 bits per heavy atom. The van der Waals surface area contributed by atoms with E-state index in [1.54, 1.807) is 6.20 Å². The molecule has 0 spiro atoms. The summed E-state index contributed by atoms with van der Waals surface area (Å²) < 4.78 is 0. The molecular weight excluding hydrogens is 226 g/mol. The SMILES string of the molecule is CCNCC(C)C(=O)N(CC)Cc1ccccn1. The molecule has 0 aliphatic rings. The second-order valence-electron chi connectivity index (χ2n) is 4.38. The van der Waals surface area contributed by atoms with Gasteiger partial charge in [-0.1, -0.05) is 19.9 Å². The van der Waals surface area contributed by atoms with Crippen LogP contribution in [0.1, 0.15) is 26.5 Å². The Bertz CT molecular complexity index is 353. The topological polar surface area (TPSA) is 45.2 Å². The molecule has 100 valence electrons. The number of rotatable bonds is 7. The molecule has 1 N–H and O–H groups in total. The smallest absolute Gasteiger partial charge is 0.227 e. The molecule has 18 heavy (non-hydrogen) atoms. The molecule has 1 unspecified atom stereocenters. The zero-order valence-corrected chi connectivity index (χ0v) is 11.5. The van der Waals surface area contributed by atoms with Gasteiger partial charge in [-0.05, 0) is 25.6 Å². The van der Waals surface area contributed by atoms with Gasteiger partial charge in [0.25, 0.3) is 0 Å². The van der Waals surface area contributed by atoms with E-state index < -0.39 is 0 Å². The molecule has 1 aromatic rings. The zero-order chi connectivity index (χ0) is 13.4. The van der Waals surface area contributed by atoms with Crippen LogP contribution in [0.5, 0.6) is 0 Å². The summed E-state index contributed by atoms with van der Waals surface area (Å²) >= 11 is 0. The first kappa shape index (κ1) is 14.6. The molecule has 0 aliphatic heterocycles. The summed E-state index contributed by atoms with van der Waals surface area (Å²) in [6.45, 7) is 8.94. The highest BCUT2D eigenvalue weighted by atomic mass is 16.2. The average Bonchev–Trinajstić information content (AvgIpc) is 2.42. The molecular formula is C14H23N3O. The van der Waals surface area contributed by atoms with Gasteiger partial charge in [-0.25, -0.2) is 0 Å². The number of nitrogens with one attached hydrogen (secondary N) is 1. The second-order valence-corrected chi connectivity index (χ2v) is 4.38. The second kappa shape index (κ2) is 7.82. The Hall–Kier alpha value is -1.42. The summed E-state index contributed by atoms with van der Waals surface area (Å²) in [5, 5.41) is 3.21. The summed E-state index contributed by atoms with van der Waals surface area (Å²) in [7, 11) is 0. The first-order valence-corrected chi connectivity index (χ1v) is 6.58. The molecule has 1 aromatic heterocycles. The molecule has 1 atom stereocenters. The normalized spacial score (nSPS) is 12.2. The van der Waals surface area contributed by atoms with E-state index in [9.17, 15) is 4.79 Å². The lowest BCUT2D eigenvalue weighted by Crippen LogP contribution is -2.38. The number of aromatic nitrogens is 1. The van der Waals surface area contributed by atoms with Crippen molar-refractivity contribution < 1.29 is 4.79 Å². The lowest BCUT2D eigenvalue weighted by atomic mass is 10.1. The molecule has 0 radical (unpaired) electrons. The van der Waals surface area contributed by atoms with Gasteiger partial charge in [0.2, 0.25) is 5.91 Å². The van der Waals surface area contributed by atoms with E-state index in [4.69, 9.17) is 0 Å². The van der Waals surface area contributed by atoms with Gasteiger partial charge in [-0.3, -0.25) is 9.78 Å². The number of hydrogen-bond acceptors (Lipinski definition) is 3. The van der Waals surface area contributed by atoms with Crippen LogP contribution in [0.4, 0.5) is 0 Å². The van der Waals surface area contributed by atoms with Crippen molar-refractivity contribution >= 4 is 5.91 Å². The van der Waals surface area contributed by atoms with Crippen LogP contribution in [0.3, 0.4) is 0 Å². The van der Waals surface area contributed by atoms with Crippen molar-refractivity contribution in [3.63, 3.8) is 0 Å². The summed E-state index contributed by atoms with van der Waals surface area (Å²) in [5.74, 6) is 0.192. The number of nitrogens with zero attached hydrogens (tertiary/aromatic N) is 2. The third kappa shape index (κ3) is 4.45. The molecule has 0 aromatic carbocycles. The predicted octanol–water partition coefficient (Wildman–Crippen LogP) is 1.68. The molecule has 0 saturated carbocycles. The van der Waals surface area contributed by atoms with Crippen LogP contribution in [-0.2, 0) is 11.3 Å². The van der Waals surface area contributed by atoms with E-state index in [0.29, 0.717) is 13.1 Å². The molecule has 0 fully saturated rings. The van der Waals surface area contributed by atoms with Gasteiger partial charge >= 0.3 is 0 Å². The number of carbonyl (C=O) groups excluding carboxylic acids is 1. The minimum Gasteiger partial charge on any atom is -0.337 e. The Balaban J connectivity index is 2.57. The molecule has 1 rings (SSSR count). The maximum Gasteiger partial charge on any atom is 0.227 e. The molecule has 4 heteroatoms. The Labute approximate surface area is 109 Å². The average molecular weight is 249 g/mol. The maximum atomic E-state index is 12.2. The zero-order valence-electron chi connectivity index (χ0n) is 11.5. The highest BCUT2D eigenvalue weighted by Crippen LogP contribution is 2.06. The van der Waals surface area contributed by atoms with Crippen LogP contribution < -0.4 is 5.32 Å². The maximum absolute atomic E-state index is 12.2. The van der Waals surface area contributed by atoms with Crippen molar-refractivity contribution in [3.8, 4) is 0 Å². The Kier molecular flexibility index (Phi) is 6.36. The van der Waals surface area contributed by atoms with E-state index in [1.807, 2.05) is 43.9 Å². The Morgan fingerprint density at radius 2 is 2.22 bits per heavy atom. The van der Waals surface area contributed by atoms with Gasteiger partial charge in [-0.15, -0.1) is 0 Å². The molecule has 1 amide bonds. The third-order valence-electron chi connectivity index (χ3n) is 2.89. The monoisotopic (exact) mass is 249 g/mol. The Morgan fingerprint density at radius 1 is 1.44 bits per heavy atom. The first-order valence-electron chi connectivity index (χ1n) is 6.58. The fraction of sp³-hybridized carbons (Fsp3) is 0.571. The molecule has 4 nitrogen and oxygen atoms in total. The fourth-order valence-electron chi connectivity index (χ4n) is 1.79. The lowest BCUT2D eigenvalue weighted by molar-refractivity contribution is -0.135. The van der Waals surface area contributed by atoms with Gasteiger partial charge in [0, 0.05) is 25.2 Å². The van der Waals surface area contributed by atoms with Crippen LogP contribution in [0.2, 0.25) is 0 Å². The van der Waals surface area contributed by atoms with Gasteiger partial charge < -0.3 is 10.2 Å². The number of amides is 1. The molecule has 0 aliphatic carbocycles. The van der Waals surface area contributed by atoms with E-state index in [1.165, 1.54) is 0 Å². The lowest BCUT2D eigenvalue weighted by Gasteiger charge is -2.24. The largest absolute Gasteiger partial charge is 0.337 e. The summed E-state index contributed by atoms with van der Waals surface area (Å²) in [4.78, 5) is 18.4. The van der Waals surface area contributed by atoms with Crippen LogP contribution in [0.25, 0.3) is 0 Å². The fourth-order valence-corrected chi connectivity index (χ4v) is 1.79. The van der Waals surface area contributed by atoms with E-state index in [0.717, 1.165) is 18.8 Å². The highest BCUT2D eigenvalue weighted by molar-refractivity contribution is 5.78. The molecule has 0 saturated heterocycles. The van der Waals surface area contributed by atoms with Crippen molar-refractivity contribution in [2.75, 3.05) is 19.6 Å². The van der Waals surface area contributed by atoms with Gasteiger partial charge in [0.1, 0.15) is 0 Å². The van der Waals surface area contributed by atoms with Gasteiger partial charge in [0.05, 0.1) is 12.2 Å². The van der Waals surface area contributed by atoms with Crippen molar-refractivity contribution in [1.29, 1.82) is 0 Å². The van der Waals surface area contributed by atoms with Gasteiger partial charge in [0.15, 0.2) is 0 Å². The minimum absolute atomic E-state index is 0.00797.